The molecule has 0 saturated carbocycles. The second-order valence-corrected chi connectivity index (χ2v) is 7.13. The first-order chi connectivity index (χ1) is 12.1. The zero-order valence-corrected chi connectivity index (χ0v) is 15.4. The van der Waals surface area contributed by atoms with Crippen LogP contribution in [0.25, 0.3) is 0 Å². The van der Waals surface area contributed by atoms with Crippen LogP contribution in [0.3, 0.4) is 0 Å². The molecule has 0 aliphatic carbocycles. The fourth-order valence-electron chi connectivity index (χ4n) is 2.26. The zero-order chi connectivity index (χ0) is 18.1. The quantitative estimate of drug-likeness (QED) is 0.546. The summed E-state index contributed by atoms with van der Waals surface area (Å²) in [4.78, 5) is 25.8. The summed E-state index contributed by atoms with van der Waals surface area (Å²) >= 11 is 1.49. The van der Waals surface area contributed by atoms with E-state index in [9.17, 15) is 9.59 Å². The molecule has 0 radical (unpaired) electrons. The first-order valence-corrected chi connectivity index (χ1v) is 9.39. The van der Waals surface area contributed by atoms with E-state index in [1.54, 1.807) is 18.2 Å². The van der Waals surface area contributed by atoms with Gasteiger partial charge in [0.15, 0.2) is 0 Å². The molecule has 0 saturated heterocycles. The smallest absolute Gasteiger partial charge is 0.253 e. The summed E-state index contributed by atoms with van der Waals surface area (Å²) in [5, 5.41) is 5.50. The average molecular weight is 356 g/mol. The Morgan fingerprint density at radius 1 is 1.04 bits per heavy atom. The molecule has 0 aliphatic rings. The fourth-order valence-corrected chi connectivity index (χ4v) is 3.14. The van der Waals surface area contributed by atoms with E-state index in [0.717, 1.165) is 17.7 Å². The lowest BCUT2D eigenvalue weighted by Crippen LogP contribution is -2.28. The molecule has 0 heterocycles. The first kappa shape index (κ1) is 19.1. The van der Waals surface area contributed by atoms with Crippen LogP contribution in [0.2, 0.25) is 0 Å². The summed E-state index contributed by atoms with van der Waals surface area (Å²) in [7, 11) is 0. The lowest BCUT2D eigenvalue weighted by Gasteiger charge is -2.15. The number of para-hydroxylation sites is 1. The molecule has 25 heavy (non-hydrogen) atoms. The Balaban J connectivity index is 2.01. The molecule has 2 aromatic carbocycles. The van der Waals surface area contributed by atoms with Crippen LogP contribution in [0.5, 0.6) is 0 Å². The van der Waals surface area contributed by atoms with E-state index in [-0.39, 0.29) is 17.1 Å². The number of anilines is 1. The predicted octanol–water partition coefficient (Wildman–Crippen LogP) is 4.34. The van der Waals surface area contributed by atoms with E-state index in [1.165, 1.54) is 11.8 Å². The Bertz CT molecular complexity index is 704. The third kappa shape index (κ3) is 5.94. The van der Waals surface area contributed by atoms with Gasteiger partial charge in [0.05, 0.1) is 16.5 Å². The van der Waals surface area contributed by atoms with Gasteiger partial charge in [-0.05, 0) is 37.6 Å². The summed E-state index contributed by atoms with van der Waals surface area (Å²) in [6.07, 6.45) is 1.96. The van der Waals surface area contributed by atoms with Crippen molar-refractivity contribution in [2.75, 3.05) is 11.9 Å². The Kier molecular flexibility index (Phi) is 7.54. The number of hydrogen-bond acceptors (Lipinski definition) is 3. The summed E-state index contributed by atoms with van der Waals surface area (Å²) in [5.74, 6) is -0.282. The molecular weight excluding hydrogens is 332 g/mol. The van der Waals surface area contributed by atoms with Gasteiger partial charge in [-0.3, -0.25) is 9.59 Å². The molecule has 132 valence electrons. The summed E-state index contributed by atoms with van der Waals surface area (Å²) < 4.78 is 0. The van der Waals surface area contributed by atoms with Crippen LogP contribution < -0.4 is 10.6 Å². The van der Waals surface area contributed by atoms with Crippen molar-refractivity contribution >= 4 is 29.3 Å². The van der Waals surface area contributed by atoms with Crippen molar-refractivity contribution in [2.24, 2.45) is 0 Å². The number of carbonyl (C=O) groups is 2. The molecule has 2 amide bonds. The van der Waals surface area contributed by atoms with Crippen molar-refractivity contribution in [3.8, 4) is 0 Å². The molecule has 0 unspecified atom stereocenters. The van der Waals surface area contributed by atoms with Crippen LogP contribution in [-0.2, 0) is 4.79 Å². The van der Waals surface area contributed by atoms with Gasteiger partial charge in [0.1, 0.15) is 0 Å². The normalized spacial score (nSPS) is 11.6. The van der Waals surface area contributed by atoms with Crippen LogP contribution in [-0.4, -0.2) is 23.6 Å². The van der Waals surface area contributed by atoms with Crippen LogP contribution >= 0.6 is 11.8 Å². The molecule has 2 aromatic rings. The summed E-state index contributed by atoms with van der Waals surface area (Å²) in [6.45, 7) is 4.57. The van der Waals surface area contributed by atoms with E-state index >= 15 is 0 Å². The third-order valence-corrected chi connectivity index (χ3v) is 4.78. The second-order valence-electron chi connectivity index (χ2n) is 5.72. The lowest BCUT2D eigenvalue weighted by molar-refractivity contribution is -0.115. The Morgan fingerprint density at radius 2 is 1.72 bits per heavy atom. The maximum atomic E-state index is 12.5. The summed E-state index contributed by atoms with van der Waals surface area (Å²) in [6, 6.07) is 16.9. The topological polar surface area (TPSA) is 58.2 Å². The molecular formula is C20H24N2O2S. The Morgan fingerprint density at radius 3 is 2.44 bits per heavy atom. The van der Waals surface area contributed by atoms with Crippen molar-refractivity contribution in [3.05, 3.63) is 60.2 Å². The number of rotatable bonds is 8. The van der Waals surface area contributed by atoms with Gasteiger partial charge in [0.2, 0.25) is 5.91 Å². The van der Waals surface area contributed by atoms with Crippen molar-refractivity contribution in [1.29, 1.82) is 0 Å². The van der Waals surface area contributed by atoms with Gasteiger partial charge in [0.25, 0.3) is 5.91 Å². The number of unbranched alkanes of at least 4 members (excludes halogenated alkanes) is 1. The molecule has 2 rings (SSSR count). The minimum atomic E-state index is -0.265. The minimum absolute atomic E-state index is 0.123. The fraction of sp³-hybridized carbons (Fsp3) is 0.300. The number of carbonyl (C=O) groups excluding carboxylic acids is 2. The highest BCUT2D eigenvalue weighted by Gasteiger charge is 2.17. The average Bonchev–Trinajstić information content (AvgIpc) is 2.63. The highest BCUT2D eigenvalue weighted by molar-refractivity contribution is 8.00. The number of nitrogens with one attached hydrogen (secondary N) is 2. The van der Waals surface area contributed by atoms with Crippen molar-refractivity contribution in [3.63, 3.8) is 0 Å². The molecule has 4 nitrogen and oxygen atoms in total. The van der Waals surface area contributed by atoms with Crippen molar-refractivity contribution in [1.82, 2.24) is 5.32 Å². The molecule has 5 heteroatoms. The van der Waals surface area contributed by atoms with E-state index in [2.05, 4.69) is 17.6 Å². The minimum Gasteiger partial charge on any atom is -0.352 e. The molecule has 0 fully saturated rings. The van der Waals surface area contributed by atoms with Crippen LogP contribution in [0.4, 0.5) is 5.69 Å². The van der Waals surface area contributed by atoms with Crippen LogP contribution in [0.15, 0.2) is 59.5 Å². The first-order valence-electron chi connectivity index (χ1n) is 8.51. The van der Waals surface area contributed by atoms with E-state index in [1.807, 2.05) is 43.3 Å². The Hall–Kier alpha value is -2.27. The van der Waals surface area contributed by atoms with E-state index < -0.39 is 0 Å². The van der Waals surface area contributed by atoms with Gasteiger partial charge < -0.3 is 10.6 Å². The molecule has 1 atom stereocenters. The van der Waals surface area contributed by atoms with Gasteiger partial charge >= 0.3 is 0 Å². The van der Waals surface area contributed by atoms with Gasteiger partial charge in [-0.15, -0.1) is 11.8 Å². The molecule has 0 bridgehead atoms. The van der Waals surface area contributed by atoms with Crippen molar-refractivity contribution in [2.45, 2.75) is 36.8 Å². The molecule has 0 aromatic heterocycles. The SMILES string of the molecule is CCCCNC(=O)c1ccccc1NC(=O)[C@H](C)Sc1ccccc1. The van der Waals surface area contributed by atoms with Gasteiger partial charge in [0, 0.05) is 11.4 Å². The maximum Gasteiger partial charge on any atom is 0.253 e. The standard InChI is InChI=1S/C20H24N2O2S/c1-3-4-14-21-20(24)17-12-8-9-13-18(17)22-19(23)15(2)25-16-10-6-5-7-11-16/h5-13,15H,3-4,14H2,1-2H3,(H,21,24)(H,22,23)/t15-/m0/s1. The maximum absolute atomic E-state index is 12.5. The Labute approximate surface area is 153 Å². The third-order valence-electron chi connectivity index (χ3n) is 3.67. The van der Waals surface area contributed by atoms with E-state index in [4.69, 9.17) is 0 Å². The van der Waals surface area contributed by atoms with Gasteiger partial charge in [-0.25, -0.2) is 0 Å². The number of hydrogen-bond donors (Lipinski definition) is 2. The lowest BCUT2D eigenvalue weighted by atomic mass is 10.1. The highest BCUT2D eigenvalue weighted by atomic mass is 32.2. The number of thioether (sulfide) groups is 1. The number of benzene rings is 2. The molecule has 2 N–H and O–H groups in total. The van der Waals surface area contributed by atoms with E-state index in [0.29, 0.717) is 17.8 Å². The summed E-state index contributed by atoms with van der Waals surface area (Å²) in [5.41, 5.74) is 1.03. The predicted molar refractivity (Wildman–Crippen MR) is 104 cm³/mol. The molecule has 0 aliphatic heterocycles. The van der Waals surface area contributed by atoms with Crippen molar-refractivity contribution < 1.29 is 9.59 Å². The highest BCUT2D eigenvalue weighted by Crippen LogP contribution is 2.24. The van der Waals surface area contributed by atoms with Gasteiger partial charge in [-0.2, -0.15) is 0 Å². The largest absolute Gasteiger partial charge is 0.352 e. The van der Waals surface area contributed by atoms with Gasteiger partial charge in [-0.1, -0.05) is 43.7 Å². The molecule has 0 spiro atoms. The monoisotopic (exact) mass is 356 g/mol. The number of amides is 2. The van der Waals surface area contributed by atoms with Crippen LogP contribution in [0.1, 0.15) is 37.0 Å². The zero-order valence-electron chi connectivity index (χ0n) is 14.6. The van der Waals surface area contributed by atoms with Crippen LogP contribution in [0, 0.1) is 0 Å². The second kappa shape index (κ2) is 9.89.